The summed E-state index contributed by atoms with van der Waals surface area (Å²) in [6, 6.07) is 3.81. The van der Waals surface area contributed by atoms with Crippen LogP contribution in [-0.2, 0) is 0 Å². The van der Waals surface area contributed by atoms with Crippen LogP contribution in [0.4, 0.5) is 0 Å². The highest BCUT2D eigenvalue weighted by atomic mass is 35.5. The van der Waals surface area contributed by atoms with E-state index in [1.807, 2.05) is 19.1 Å². The Morgan fingerprint density at radius 1 is 1.47 bits per heavy atom. The van der Waals surface area contributed by atoms with Gasteiger partial charge in [0.05, 0.1) is 0 Å². The van der Waals surface area contributed by atoms with Crippen LogP contribution in [0, 0.1) is 6.92 Å². The molecular formula is C10H10ClN3O. The summed E-state index contributed by atoms with van der Waals surface area (Å²) < 4.78 is 5.00. The molecule has 78 valence electrons. The van der Waals surface area contributed by atoms with Crippen LogP contribution in [0.15, 0.2) is 22.9 Å². The van der Waals surface area contributed by atoms with Crippen LogP contribution in [0.2, 0.25) is 0 Å². The van der Waals surface area contributed by atoms with E-state index in [4.69, 9.17) is 16.1 Å². The number of nitrogens with zero attached hydrogens (tertiary/aromatic N) is 3. The van der Waals surface area contributed by atoms with Crippen LogP contribution in [0.3, 0.4) is 0 Å². The molecule has 0 bridgehead atoms. The third-order valence-corrected chi connectivity index (χ3v) is 2.19. The lowest BCUT2D eigenvalue weighted by atomic mass is 10.2. The van der Waals surface area contributed by atoms with Crippen molar-refractivity contribution in [2.45, 2.75) is 19.2 Å². The zero-order valence-corrected chi connectivity index (χ0v) is 9.19. The summed E-state index contributed by atoms with van der Waals surface area (Å²) in [5, 5.41) is 3.55. The van der Waals surface area contributed by atoms with Crippen LogP contribution in [0.1, 0.15) is 23.8 Å². The number of aromatic nitrogens is 3. The first kappa shape index (κ1) is 10.1. The first-order valence-electron chi connectivity index (χ1n) is 4.58. The molecule has 0 saturated carbocycles. The van der Waals surface area contributed by atoms with Crippen LogP contribution < -0.4 is 0 Å². The van der Waals surface area contributed by atoms with E-state index >= 15 is 0 Å². The SMILES string of the molecule is Cc1cccnc1-c1noc(C(C)Cl)n1. The summed E-state index contributed by atoms with van der Waals surface area (Å²) in [4.78, 5) is 8.36. The number of halogens is 1. The molecule has 4 nitrogen and oxygen atoms in total. The zero-order valence-electron chi connectivity index (χ0n) is 8.44. The van der Waals surface area contributed by atoms with Gasteiger partial charge in [0.2, 0.25) is 11.7 Å². The summed E-state index contributed by atoms with van der Waals surface area (Å²) in [6.07, 6.45) is 1.70. The second kappa shape index (κ2) is 3.98. The Morgan fingerprint density at radius 2 is 2.27 bits per heavy atom. The van der Waals surface area contributed by atoms with Crippen LogP contribution in [0.5, 0.6) is 0 Å². The average molecular weight is 224 g/mol. The van der Waals surface area contributed by atoms with Gasteiger partial charge in [-0.15, -0.1) is 11.6 Å². The maximum Gasteiger partial charge on any atom is 0.244 e. The predicted molar refractivity (Wildman–Crippen MR) is 56.5 cm³/mol. The molecule has 2 aromatic heterocycles. The molecule has 0 aliphatic rings. The summed E-state index contributed by atoms with van der Waals surface area (Å²) in [5.74, 6) is 0.896. The van der Waals surface area contributed by atoms with Crippen molar-refractivity contribution in [2.75, 3.05) is 0 Å². The van der Waals surface area contributed by atoms with Crippen molar-refractivity contribution in [3.05, 3.63) is 29.8 Å². The fourth-order valence-electron chi connectivity index (χ4n) is 1.21. The molecule has 0 spiro atoms. The van der Waals surface area contributed by atoms with Crippen molar-refractivity contribution in [3.63, 3.8) is 0 Å². The van der Waals surface area contributed by atoms with E-state index in [1.165, 1.54) is 0 Å². The molecule has 0 saturated heterocycles. The monoisotopic (exact) mass is 223 g/mol. The van der Waals surface area contributed by atoms with Crippen LogP contribution in [0.25, 0.3) is 11.5 Å². The second-order valence-electron chi connectivity index (χ2n) is 3.24. The average Bonchev–Trinajstić information content (AvgIpc) is 2.67. The quantitative estimate of drug-likeness (QED) is 0.735. The van der Waals surface area contributed by atoms with Gasteiger partial charge < -0.3 is 4.52 Å². The first-order chi connectivity index (χ1) is 7.18. The van der Waals surface area contributed by atoms with Crippen molar-refractivity contribution < 1.29 is 4.52 Å². The van der Waals surface area contributed by atoms with E-state index < -0.39 is 0 Å². The Bertz CT molecular complexity index is 467. The Hall–Kier alpha value is -1.42. The molecular weight excluding hydrogens is 214 g/mol. The highest BCUT2D eigenvalue weighted by molar-refractivity contribution is 6.20. The van der Waals surface area contributed by atoms with Gasteiger partial charge in [-0.1, -0.05) is 11.2 Å². The Morgan fingerprint density at radius 3 is 2.87 bits per heavy atom. The third kappa shape index (κ3) is 1.99. The molecule has 0 amide bonds. The molecule has 1 atom stereocenters. The zero-order chi connectivity index (χ0) is 10.8. The molecule has 2 heterocycles. The molecule has 0 radical (unpaired) electrons. The van der Waals surface area contributed by atoms with Gasteiger partial charge in [0.25, 0.3) is 0 Å². The van der Waals surface area contributed by atoms with Gasteiger partial charge in [0.1, 0.15) is 11.1 Å². The highest BCUT2D eigenvalue weighted by Gasteiger charge is 2.14. The van der Waals surface area contributed by atoms with E-state index in [9.17, 15) is 0 Å². The molecule has 0 aliphatic carbocycles. The van der Waals surface area contributed by atoms with Crippen molar-refractivity contribution in [1.29, 1.82) is 0 Å². The van der Waals surface area contributed by atoms with Gasteiger partial charge in [-0.2, -0.15) is 4.98 Å². The minimum atomic E-state index is -0.282. The van der Waals surface area contributed by atoms with Gasteiger partial charge in [0, 0.05) is 6.20 Å². The van der Waals surface area contributed by atoms with Gasteiger partial charge in [0.15, 0.2) is 0 Å². The number of alkyl halides is 1. The molecule has 1 unspecified atom stereocenters. The summed E-state index contributed by atoms with van der Waals surface area (Å²) in [5.41, 5.74) is 1.73. The maximum absolute atomic E-state index is 5.83. The van der Waals surface area contributed by atoms with Gasteiger partial charge >= 0.3 is 0 Å². The normalized spacial score (nSPS) is 12.7. The summed E-state index contributed by atoms with van der Waals surface area (Å²) in [7, 11) is 0. The predicted octanol–water partition coefficient (Wildman–Crippen LogP) is 2.74. The number of rotatable bonds is 2. The van der Waals surface area contributed by atoms with Gasteiger partial charge in [-0.05, 0) is 25.5 Å². The molecule has 0 N–H and O–H groups in total. The van der Waals surface area contributed by atoms with E-state index in [1.54, 1.807) is 13.1 Å². The Kier molecular flexibility index (Phi) is 2.68. The van der Waals surface area contributed by atoms with E-state index in [0.29, 0.717) is 11.7 Å². The molecule has 0 aromatic carbocycles. The Labute approximate surface area is 92.3 Å². The van der Waals surface area contributed by atoms with Gasteiger partial charge in [-0.25, -0.2) is 0 Å². The standard InChI is InChI=1S/C10H10ClN3O/c1-6-4-3-5-12-8(6)9-13-10(7(2)11)15-14-9/h3-5,7H,1-2H3. The second-order valence-corrected chi connectivity index (χ2v) is 3.90. The Balaban J connectivity index is 2.42. The third-order valence-electron chi connectivity index (χ3n) is 2.00. The fourth-order valence-corrected chi connectivity index (χ4v) is 1.30. The summed E-state index contributed by atoms with van der Waals surface area (Å²) in [6.45, 7) is 3.73. The lowest BCUT2D eigenvalue weighted by molar-refractivity contribution is 0.379. The smallest absolute Gasteiger partial charge is 0.244 e. The molecule has 5 heteroatoms. The molecule has 0 fully saturated rings. The van der Waals surface area contributed by atoms with Gasteiger partial charge in [-0.3, -0.25) is 4.98 Å². The van der Waals surface area contributed by atoms with E-state index in [2.05, 4.69) is 15.1 Å². The topological polar surface area (TPSA) is 51.8 Å². The molecule has 0 aliphatic heterocycles. The van der Waals surface area contributed by atoms with Crippen LogP contribution in [-0.4, -0.2) is 15.1 Å². The van der Waals surface area contributed by atoms with Crippen molar-refractivity contribution >= 4 is 11.6 Å². The number of aryl methyl sites for hydroxylation is 1. The maximum atomic E-state index is 5.83. The van der Waals surface area contributed by atoms with E-state index in [0.717, 1.165) is 11.3 Å². The lowest BCUT2D eigenvalue weighted by Crippen LogP contribution is -1.90. The largest absolute Gasteiger partial charge is 0.337 e. The first-order valence-corrected chi connectivity index (χ1v) is 5.02. The number of hydrogen-bond acceptors (Lipinski definition) is 4. The number of pyridine rings is 1. The number of hydrogen-bond donors (Lipinski definition) is 0. The van der Waals surface area contributed by atoms with E-state index in [-0.39, 0.29) is 5.38 Å². The molecule has 2 rings (SSSR count). The van der Waals surface area contributed by atoms with Crippen molar-refractivity contribution in [1.82, 2.24) is 15.1 Å². The fraction of sp³-hybridized carbons (Fsp3) is 0.300. The lowest BCUT2D eigenvalue weighted by Gasteiger charge is -1.96. The minimum absolute atomic E-state index is 0.282. The van der Waals surface area contributed by atoms with Crippen LogP contribution >= 0.6 is 11.6 Å². The summed E-state index contributed by atoms with van der Waals surface area (Å²) >= 11 is 5.83. The van der Waals surface area contributed by atoms with Crippen molar-refractivity contribution in [3.8, 4) is 11.5 Å². The highest BCUT2D eigenvalue weighted by Crippen LogP contribution is 2.22. The minimum Gasteiger partial charge on any atom is -0.337 e. The molecule has 15 heavy (non-hydrogen) atoms. The molecule has 2 aromatic rings. The van der Waals surface area contributed by atoms with Crippen molar-refractivity contribution in [2.24, 2.45) is 0 Å².